The Labute approximate surface area is 90.3 Å². The first-order valence-electron chi connectivity index (χ1n) is 3.58. The predicted octanol–water partition coefficient (Wildman–Crippen LogP) is 1.87. The summed E-state index contributed by atoms with van der Waals surface area (Å²) in [6.07, 6.45) is 0.708. The number of hydrogen-bond acceptors (Lipinski definition) is 2. The summed E-state index contributed by atoms with van der Waals surface area (Å²) in [6, 6.07) is 1.83. The first-order valence-corrected chi connectivity index (χ1v) is 5.16. The molecular weight excluding hydrogens is 229 g/mol. The van der Waals surface area contributed by atoms with E-state index in [1.54, 1.807) is 0 Å². The Bertz CT molecular complexity index is 318. The highest BCUT2D eigenvalue weighted by Gasteiger charge is 2.04. The molecule has 0 aromatic carbocycles. The Hall–Kier alpha value is -0.450. The normalized spacial score (nSPS) is 10.0. The van der Waals surface area contributed by atoms with Gasteiger partial charge in [-0.15, -0.1) is 11.3 Å². The zero-order valence-electron chi connectivity index (χ0n) is 6.76. The molecule has 1 rings (SSSR count). The minimum absolute atomic E-state index is 0.0949. The van der Waals surface area contributed by atoms with Gasteiger partial charge in [0.05, 0.1) is 8.67 Å². The van der Waals surface area contributed by atoms with E-state index >= 15 is 0 Å². The molecule has 0 fully saturated rings. The SMILES string of the molecule is NC(N)=NCCc1cc(Cl)sc1Cl. The van der Waals surface area contributed by atoms with Gasteiger partial charge in [0.15, 0.2) is 5.96 Å². The Morgan fingerprint density at radius 3 is 2.62 bits per heavy atom. The van der Waals surface area contributed by atoms with Gasteiger partial charge in [0.1, 0.15) is 0 Å². The average Bonchev–Trinajstić information content (AvgIpc) is 2.29. The van der Waals surface area contributed by atoms with Crippen molar-refractivity contribution in [3.8, 4) is 0 Å². The van der Waals surface area contributed by atoms with E-state index in [2.05, 4.69) is 4.99 Å². The van der Waals surface area contributed by atoms with E-state index in [0.29, 0.717) is 21.6 Å². The van der Waals surface area contributed by atoms with Crippen molar-refractivity contribution in [3.05, 3.63) is 20.3 Å². The van der Waals surface area contributed by atoms with Gasteiger partial charge in [-0.2, -0.15) is 0 Å². The maximum atomic E-state index is 5.88. The second kappa shape index (κ2) is 4.69. The smallest absolute Gasteiger partial charge is 0.185 e. The topological polar surface area (TPSA) is 64.4 Å². The zero-order chi connectivity index (χ0) is 9.84. The van der Waals surface area contributed by atoms with E-state index in [0.717, 1.165) is 5.56 Å². The Morgan fingerprint density at radius 2 is 2.15 bits per heavy atom. The molecule has 0 bridgehead atoms. The summed E-state index contributed by atoms with van der Waals surface area (Å²) in [5, 5.41) is 0. The van der Waals surface area contributed by atoms with Gasteiger partial charge in [-0.25, -0.2) is 0 Å². The van der Waals surface area contributed by atoms with Crippen molar-refractivity contribution in [2.45, 2.75) is 6.42 Å². The number of halogens is 2. The fourth-order valence-electron chi connectivity index (χ4n) is 0.850. The van der Waals surface area contributed by atoms with Gasteiger partial charge < -0.3 is 11.5 Å². The quantitative estimate of drug-likeness (QED) is 0.623. The van der Waals surface area contributed by atoms with Crippen LogP contribution >= 0.6 is 34.5 Å². The zero-order valence-corrected chi connectivity index (χ0v) is 9.09. The monoisotopic (exact) mass is 237 g/mol. The highest BCUT2D eigenvalue weighted by atomic mass is 35.5. The lowest BCUT2D eigenvalue weighted by molar-refractivity contribution is 0.967. The number of hydrogen-bond donors (Lipinski definition) is 2. The molecule has 0 atom stereocenters. The minimum atomic E-state index is 0.0949. The third-order valence-corrected chi connectivity index (χ3v) is 2.97. The lowest BCUT2D eigenvalue weighted by Gasteiger charge is -1.94. The Balaban J connectivity index is 2.54. The van der Waals surface area contributed by atoms with Crippen LogP contribution in [0.4, 0.5) is 0 Å². The van der Waals surface area contributed by atoms with Gasteiger partial charge in [0.25, 0.3) is 0 Å². The van der Waals surface area contributed by atoms with Gasteiger partial charge in [0, 0.05) is 6.54 Å². The van der Waals surface area contributed by atoms with Crippen LogP contribution in [0.3, 0.4) is 0 Å². The maximum Gasteiger partial charge on any atom is 0.185 e. The van der Waals surface area contributed by atoms with Gasteiger partial charge in [-0.3, -0.25) is 4.99 Å². The van der Waals surface area contributed by atoms with Crippen molar-refractivity contribution in [3.63, 3.8) is 0 Å². The van der Waals surface area contributed by atoms with Crippen LogP contribution in [0.15, 0.2) is 11.1 Å². The fraction of sp³-hybridized carbons (Fsp3) is 0.286. The summed E-state index contributed by atoms with van der Waals surface area (Å²) in [5.74, 6) is 0.0949. The van der Waals surface area contributed by atoms with Crippen LogP contribution in [0.5, 0.6) is 0 Å². The highest BCUT2D eigenvalue weighted by molar-refractivity contribution is 7.20. The molecule has 0 saturated heterocycles. The standard InChI is InChI=1S/C7H9Cl2N3S/c8-5-3-4(6(9)13-5)1-2-12-7(10)11/h3H,1-2H2,(H4,10,11,12). The molecule has 1 aromatic rings. The molecule has 1 aromatic heterocycles. The lowest BCUT2D eigenvalue weighted by Crippen LogP contribution is -2.23. The molecule has 0 unspecified atom stereocenters. The van der Waals surface area contributed by atoms with E-state index in [9.17, 15) is 0 Å². The molecule has 1 heterocycles. The second-order valence-electron chi connectivity index (χ2n) is 2.41. The first kappa shape index (κ1) is 10.6. The van der Waals surface area contributed by atoms with Crippen LogP contribution in [0.2, 0.25) is 8.67 Å². The molecule has 4 N–H and O–H groups in total. The fourth-order valence-corrected chi connectivity index (χ4v) is 2.39. The summed E-state index contributed by atoms with van der Waals surface area (Å²) in [4.78, 5) is 3.85. The molecule has 3 nitrogen and oxygen atoms in total. The van der Waals surface area contributed by atoms with Crippen molar-refractivity contribution in [1.29, 1.82) is 0 Å². The number of thiophene rings is 1. The largest absolute Gasteiger partial charge is 0.370 e. The molecule has 0 aliphatic carbocycles. The van der Waals surface area contributed by atoms with Crippen LogP contribution < -0.4 is 11.5 Å². The van der Waals surface area contributed by atoms with E-state index in [-0.39, 0.29) is 5.96 Å². The summed E-state index contributed by atoms with van der Waals surface area (Å²) in [5.41, 5.74) is 11.3. The van der Waals surface area contributed by atoms with Crippen molar-refractivity contribution in [2.75, 3.05) is 6.54 Å². The maximum absolute atomic E-state index is 5.88. The first-order chi connectivity index (χ1) is 6.09. The molecule has 0 aliphatic heterocycles. The summed E-state index contributed by atoms with van der Waals surface area (Å²) >= 11 is 13.0. The molecule has 13 heavy (non-hydrogen) atoms. The van der Waals surface area contributed by atoms with E-state index in [1.807, 2.05) is 6.07 Å². The molecule has 0 spiro atoms. The molecule has 0 radical (unpaired) electrons. The Kier molecular flexibility index (Phi) is 3.84. The number of aliphatic imine (C=N–C) groups is 1. The van der Waals surface area contributed by atoms with Gasteiger partial charge in [-0.1, -0.05) is 23.2 Å². The van der Waals surface area contributed by atoms with Crippen LogP contribution in [0.1, 0.15) is 5.56 Å². The van der Waals surface area contributed by atoms with Crippen molar-refractivity contribution in [1.82, 2.24) is 0 Å². The molecule has 0 aliphatic rings. The third kappa shape index (κ3) is 3.42. The van der Waals surface area contributed by atoms with Crippen molar-refractivity contribution < 1.29 is 0 Å². The molecule has 72 valence electrons. The summed E-state index contributed by atoms with van der Waals surface area (Å²) < 4.78 is 1.39. The van der Waals surface area contributed by atoms with Crippen molar-refractivity contribution in [2.24, 2.45) is 16.5 Å². The molecule has 6 heteroatoms. The number of rotatable bonds is 3. The van der Waals surface area contributed by atoms with Crippen LogP contribution in [0.25, 0.3) is 0 Å². The highest BCUT2D eigenvalue weighted by Crippen LogP contribution is 2.31. The number of nitrogens with two attached hydrogens (primary N) is 2. The predicted molar refractivity (Wildman–Crippen MR) is 58.7 cm³/mol. The van der Waals surface area contributed by atoms with Crippen molar-refractivity contribution >= 4 is 40.5 Å². The minimum Gasteiger partial charge on any atom is -0.370 e. The van der Waals surface area contributed by atoms with Gasteiger partial charge >= 0.3 is 0 Å². The van der Waals surface area contributed by atoms with E-state index < -0.39 is 0 Å². The second-order valence-corrected chi connectivity index (χ2v) is 4.69. The number of guanidine groups is 1. The average molecular weight is 238 g/mol. The van der Waals surface area contributed by atoms with Crippen LogP contribution in [0, 0.1) is 0 Å². The third-order valence-electron chi connectivity index (χ3n) is 1.40. The van der Waals surface area contributed by atoms with Gasteiger partial charge in [0.2, 0.25) is 0 Å². The van der Waals surface area contributed by atoms with E-state index in [4.69, 9.17) is 34.7 Å². The summed E-state index contributed by atoms with van der Waals surface area (Å²) in [7, 11) is 0. The lowest BCUT2D eigenvalue weighted by atomic mass is 10.2. The van der Waals surface area contributed by atoms with E-state index in [1.165, 1.54) is 11.3 Å². The number of nitrogens with zero attached hydrogens (tertiary/aromatic N) is 1. The van der Waals surface area contributed by atoms with Gasteiger partial charge in [-0.05, 0) is 18.1 Å². The molecule has 0 amide bonds. The summed E-state index contributed by atoms with van der Waals surface area (Å²) in [6.45, 7) is 0.537. The van der Waals surface area contributed by atoms with Crippen LogP contribution in [-0.2, 0) is 6.42 Å². The molecular formula is C7H9Cl2N3S. The van der Waals surface area contributed by atoms with Crippen LogP contribution in [-0.4, -0.2) is 12.5 Å². The Morgan fingerprint density at radius 1 is 1.46 bits per heavy atom. The molecule has 0 saturated carbocycles.